The first-order chi connectivity index (χ1) is 11.5. The van der Waals surface area contributed by atoms with Gasteiger partial charge in [-0.15, -0.1) is 0 Å². The van der Waals surface area contributed by atoms with Crippen LogP contribution in [0.5, 0.6) is 0 Å². The van der Waals surface area contributed by atoms with Gasteiger partial charge in [-0.1, -0.05) is 6.07 Å². The zero-order chi connectivity index (χ0) is 18.8. The van der Waals surface area contributed by atoms with Crippen molar-refractivity contribution in [2.75, 3.05) is 7.05 Å². The normalized spacial score (nSPS) is 12.1. The lowest BCUT2D eigenvalue weighted by atomic mass is 10.0. The van der Waals surface area contributed by atoms with Crippen molar-refractivity contribution in [3.05, 3.63) is 65.0 Å². The summed E-state index contributed by atoms with van der Waals surface area (Å²) in [6.07, 6.45) is -7.07. The van der Waals surface area contributed by atoms with Gasteiger partial charge in [0.25, 0.3) is 5.91 Å². The Morgan fingerprint density at radius 2 is 1.60 bits per heavy atom. The molecular weight excluding hydrogens is 350 g/mol. The molecule has 25 heavy (non-hydrogen) atoms. The average molecular weight is 362 g/mol. The number of pyridine rings is 1. The van der Waals surface area contributed by atoms with Crippen molar-refractivity contribution >= 4 is 5.91 Å². The maximum absolute atomic E-state index is 12.8. The number of nitrogens with zero attached hydrogens (tertiary/aromatic N) is 2. The number of carbonyl (C=O) groups excluding carboxylic acids is 1. The first kappa shape index (κ1) is 18.8. The molecule has 0 bridgehead atoms. The summed E-state index contributed by atoms with van der Waals surface area (Å²) in [5.41, 5.74) is -3.16. The quantitative estimate of drug-likeness (QED) is 0.759. The molecule has 1 aromatic heterocycles. The van der Waals surface area contributed by atoms with Crippen LogP contribution < -0.4 is 0 Å². The van der Waals surface area contributed by atoms with Gasteiger partial charge in [-0.05, 0) is 29.8 Å². The van der Waals surface area contributed by atoms with Crippen molar-refractivity contribution < 1.29 is 31.1 Å². The van der Waals surface area contributed by atoms with E-state index in [0.29, 0.717) is 17.7 Å². The van der Waals surface area contributed by atoms with Crippen LogP contribution in [0.15, 0.2) is 42.7 Å². The van der Waals surface area contributed by atoms with Crippen LogP contribution >= 0.6 is 0 Å². The summed E-state index contributed by atoms with van der Waals surface area (Å²) in [4.78, 5) is 17.1. The number of halogens is 6. The van der Waals surface area contributed by atoms with E-state index < -0.39 is 35.0 Å². The fraction of sp³-hybridized carbons (Fsp3) is 0.250. The van der Waals surface area contributed by atoms with Gasteiger partial charge < -0.3 is 4.90 Å². The molecule has 0 saturated carbocycles. The SMILES string of the molecule is CN(Cc1cccnc1)C(=O)c1cc(C(F)(F)F)cc(C(F)(F)F)c1. The number of rotatable bonds is 3. The molecule has 0 radical (unpaired) electrons. The Kier molecular flexibility index (Phi) is 5.05. The van der Waals surface area contributed by atoms with E-state index in [2.05, 4.69) is 4.98 Å². The van der Waals surface area contributed by atoms with Gasteiger partial charge in [0.15, 0.2) is 0 Å². The van der Waals surface area contributed by atoms with Gasteiger partial charge in [0.05, 0.1) is 11.1 Å². The summed E-state index contributed by atoms with van der Waals surface area (Å²) in [6.45, 7) is -0.00965. The van der Waals surface area contributed by atoms with Gasteiger partial charge in [0, 0.05) is 31.5 Å². The molecule has 0 aliphatic rings. The van der Waals surface area contributed by atoms with E-state index in [9.17, 15) is 31.1 Å². The number of amides is 1. The van der Waals surface area contributed by atoms with Crippen LogP contribution in [-0.4, -0.2) is 22.8 Å². The molecule has 2 aromatic rings. The number of carbonyl (C=O) groups is 1. The fourth-order valence-electron chi connectivity index (χ4n) is 2.14. The van der Waals surface area contributed by atoms with Crippen LogP contribution in [0.3, 0.4) is 0 Å². The predicted octanol–water partition coefficient (Wildman–Crippen LogP) is 4.39. The summed E-state index contributed by atoms with van der Waals surface area (Å²) in [7, 11) is 1.28. The second-order valence-corrected chi connectivity index (χ2v) is 5.32. The van der Waals surface area contributed by atoms with E-state index in [-0.39, 0.29) is 12.6 Å². The van der Waals surface area contributed by atoms with Crippen LogP contribution in [0.2, 0.25) is 0 Å². The maximum atomic E-state index is 12.8. The van der Waals surface area contributed by atoms with Gasteiger partial charge in [-0.2, -0.15) is 26.3 Å². The molecule has 0 atom stereocenters. The highest BCUT2D eigenvalue weighted by Crippen LogP contribution is 2.36. The van der Waals surface area contributed by atoms with Gasteiger partial charge in [-0.25, -0.2) is 0 Å². The molecule has 0 unspecified atom stereocenters. The van der Waals surface area contributed by atoms with Gasteiger partial charge in [0.2, 0.25) is 0 Å². The third kappa shape index (κ3) is 4.71. The lowest BCUT2D eigenvalue weighted by Gasteiger charge is -2.19. The molecule has 0 aliphatic carbocycles. The number of hydrogen-bond acceptors (Lipinski definition) is 2. The maximum Gasteiger partial charge on any atom is 0.416 e. The summed E-state index contributed by atoms with van der Waals surface area (Å²) >= 11 is 0. The highest BCUT2D eigenvalue weighted by Gasteiger charge is 2.37. The van der Waals surface area contributed by atoms with E-state index >= 15 is 0 Å². The highest BCUT2D eigenvalue weighted by molar-refractivity contribution is 5.94. The average Bonchev–Trinajstić information content (AvgIpc) is 2.53. The molecular formula is C16H12F6N2O. The van der Waals surface area contributed by atoms with Gasteiger partial charge >= 0.3 is 12.4 Å². The van der Waals surface area contributed by atoms with E-state index in [0.717, 1.165) is 4.90 Å². The van der Waals surface area contributed by atoms with E-state index in [1.165, 1.54) is 19.4 Å². The third-order valence-electron chi connectivity index (χ3n) is 3.32. The molecule has 9 heteroatoms. The zero-order valence-electron chi connectivity index (χ0n) is 12.8. The Hall–Kier alpha value is -2.58. The minimum atomic E-state index is -5.00. The van der Waals surface area contributed by atoms with Crippen molar-refractivity contribution in [2.24, 2.45) is 0 Å². The summed E-state index contributed by atoms with van der Waals surface area (Å²) < 4.78 is 77.1. The van der Waals surface area contributed by atoms with Crippen molar-refractivity contribution in [3.8, 4) is 0 Å². The van der Waals surface area contributed by atoms with E-state index in [4.69, 9.17) is 0 Å². The lowest BCUT2D eigenvalue weighted by Crippen LogP contribution is -2.27. The van der Waals surface area contributed by atoms with Crippen molar-refractivity contribution in [2.45, 2.75) is 18.9 Å². The molecule has 1 aromatic carbocycles. The van der Waals surface area contributed by atoms with E-state index in [1.54, 1.807) is 12.1 Å². The third-order valence-corrected chi connectivity index (χ3v) is 3.32. The van der Waals surface area contributed by atoms with Gasteiger partial charge in [-0.3, -0.25) is 9.78 Å². The van der Waals surface area contributed by atoms with Crippen molar-refractivity contribution in [3.63, 3.8) is 0 Å². The van der Waals surface area contributed by atoms with Gasteiger partial charge in [0.1, 0.15) is 0 Å². The van der Waals surface area contributed by atoms with Crippen molar-refractivity contribution in [1.29, 1.82) is 0 Å². The Balaban J connectivity index is 2.38. The van der Waals surface area contributed by atoms with Crippen LogP contribution in [0.25, 0.3) is 0 Å². The molecule has 0 aliphatic heterocycles. The first-order valence-electron chi connectivity index (χ1n) is 6.92. The molecule has 0 fully saturated rings. The van der Waals surface area contributed by atoms with E-state index in [1.807, 2.05) is 0 Å². The smallest absolute Gasteiger partial charge is 0.337 e. The van der Waals surface area contributed by atoms with Crippen LogP contribution in [-0.2, 0) is 18.9 Å². The summed E-state index contributed by atoms with van der Waals surface area (Å²) in [6, 6.07) is 4.04. The number of aromatic nitrogens is 1. The molecule has 0 saturated heterocycles. The van der Waals surface area contributed by atoms with Crippen LogP contribution in [0.4, 0.5) is 26.3 Å². The highest BCUT2D eigenvalue weighted by atomic mass is 19.4. The second kappa shape index (κ2) is 6.73. The standard InChI is InChI=1S/C16H12F6N2O/c1-24(9-10-3-2-4-23-8-10)14(25)11-5-12(15(17,18)19)7-13(6-11)16(20,21)22/h2-8H,9H2,1H3. The Morgan fingerprint density at radius 3 is 2.04 bits per heavy atom. The second-order valence-electron chi connectivity index (χ2n) is 5.32. The molecule has 1 amide bonds. The summed E-state index contributed by atoms with van der Waals surface area (Å²) in [5, 5.41) is 0. The Bertz CT molecular complexity index is 723. The molecule has 0 spiro atoms. The predicted molar refractivity (Wildman–Crippen MR) is 76.5 cm³/mol. The molecule has 1 heterocycles. The van der Waals surface area contributed by atoms with Crippen LogP contribution in [0.1, 0.15) is 27.0 Å². The molecule has 0 N–H and O–H groups in total. The molecule has 134 valence electrons. The van der Waals surface area contributed by atoms with Crippen molar-refractivity contribution in [1.82, 2.24) is 9.88 Å². The zero-order valence-corrected chi connectivity index (χ0v) is 12.8. The Morgan fingerprint density at radius 1 is 1.04 bits per heavy atom. The molecule has 3 nitrogen and oxygen atoms in total. The molecule has 2 rings (SSSR count). The number of alkyl halides is 6. The lowest BCUT2D eigenvalue weighted by molar-refractivity contribution is -0.143. The monoisotopic (exact) mass is 362 g/mol. The minimum Gasteiger partial charge on any atom is -0.337 e. The number of benzene rings is 1. The Labute approximate surface area is 138 Å². The largest absolute Gasteiger partial charge is 0.416 e. The topological polar surface area (TPSA) is 33.2 Å². The first-order valence-corrected chi connectivity index (χ1v) is 6.92. The van der Waals surface area contributed by atoms with Crippen LogP contribution in [0, 0.1) is 0 Å². The number of hydrogen-bond donors (Lipinski definition) is 0. The minimum absolute atomic E-state index is 0.00965. The summed E-state index contributed by atoms with van der Waals surface area (Å²) in [5.74, 6) is -0.958. The fourth-order valence-corrected chi connectivity index (χ4v) is 2.14.